The zero-order valence-electron chi connectivity index (χ0n) is 9.42. The van der Waals surface area contributed by atoms with Crippen molar-refractivity contribution in [3.05, 3.63) is 42.2 Å². The normalized spacial score (nSPS) is 10.8. The van der Waals surface area contributed by atoms with Gasteiger partial charge in [-0.2, -0.15) is 0 Å². The highest BCUT2D eigenvalue weighted by atomic mass is 19.1. The van der Waals surface area contributed by atoms with Gasteiger partial charge in [0.25, 0.3) is 5.89 Å². The molecule has 0 saturated heterocycles. The van der Waals surface area contributed by atoms with Crippen LogP contribution in [0.1, 0.15) is 5.89 Å². The number of aromatic nitrogens is 3. The monoisotopic (exact) mass is 245 g/mol. The summed E-state index contributed by atoms with van der Waals surface area (Å²) in [6.45, 7) is 1.72. The number of benzene rings is 1. The molecule has 0 amide bonds. The van der Waals surface area contributed by atoms with Crippen LogP contribution in [0.5, 0.6) is 0 Å². The van der Waals surface area contributed by atoms with E-state index in [2.05, 4.69) is 15.2 Å². The molecule has 3 rings (SSSR count). The van der Waals surface area contributed by atoms with E-state index in [1.165, 1.54) is 18.4 Å². The Labute approximate surface area is 101 Å². The highest BCUT2D eigenvalue weighted by Gasteiger charge is 2.13. The van der Waals surface area contributed by atoms with Crippen LogP contribution in [0.2, 0.25) is 0 Å². The van der Waals surface area contributed by atoms with Gasteiger partial charge in [-0.3, -0.25) is 0 Å². The molecule has 0 aliphatic rings. The van der Waals surface area contributed by atoms with Crippen molar-refractivity contribution in [1.29, 1.82) is 0 Å². The molecule has 0 unspecified atom stereocenters. The number of aryl methyl sites for hydroxylation is 1. The molecule has 2 aromatic heterocycles. The molecule has 2 heterocycles. The standard InChI is InChI=1S/C12H8FN3O2/c1-7-14-10(6-17-7)12-16-15-11(18-12)8-2-4-9(13)5-3-8/h2-6H,1H3. The topological polar surface area (TPSA) is 65.0 Å². The van der Waals surface area contributed by atoms with Crippen molar-refractivity contribution in [3.63, 3.8) is 0 Å². The van der Waals surface area contributed by atoms with E-state index in [1.807, 2.05) is 0 Å². The maximum Gasteiger partial charge on any atom is 0.269 e. The third kappa shape index (κ3) is 1.88. The minimum Gasteiger partial charge on any atom is -0.448 e. The van der Waals surface area contributed by atoms with Crippen LogP contribution in [0, 0.1) is 12.7 Å². The number of hydrogen-bond donors (Lipinski definition) is 0. The van der Waals surface area contributed by atoms with E-state index in [1.54, 1.807) is 19.1 Å². The summed E-state index contributed by atoms with van der Waals surface area (Å²) in [6.07, 6.45) is 1.44. The molecule has 3 aromatic rings. The van der Waals surface area contributed by atoms with Crippen molar-refractivity contribution >= 4 is 0 Å². The van der Waals surface area contributed by atoms with Gasteiger partial charge in [-0.25, -0.2) is 9.37 Å². The predicted octanol–water partition coefficient (Wildman–Crippen LogP) is 2.84. The summed E-state index contributed by atoms with van der Waals surface area (Å²) >= 11 is 0. The SMILES string of the molecule is Cc1nc(-c2nnc(-c3ccc(F)cc3)o2)co1. The fourth-order valence-corrected chi connectivity index (χ4v) is 1.50. The zero-order chi connectivity index (χ0) is 12.5. The van der Waals surface area contributed by atoms with Gasteiger partial charge in [0.1, 0.15) is 12.1 Å². The van der Waals surface area contributed by atoms with Gasteiger partial charge in [-0.15, -0.1) is 10.2 Å². The van der Waals surface area contributed by atoms with Crippen molar-refractivity contribution in [1.82, 2.24) is 15.2 Å². The lowest BCUT2D eigenvalue weighted by Gasteiger charge is -1.92. The Morgan fingerprint density at radius 3 is 2.44 bits per heavy atom. The number of nitrogens with zero attached hydrogens (tertiary/aromatic N) is 3. The van der Waals surface area contributed by atoms with Crippen molar-refractivity contribution in [2.24, 2.45) is 0 Å². The minimum atomic E-state index is -0.314. The molecule has 1 aromatic carbocycles. The molecule has 5 nitrogen and oxygen atoms in total. The van der Waals surface area contributed by atoms with Gasteiger partial charge >= 0.3 is 0 Å². The van der Waals surface area contributed by atoms with Gasteiger partial charge < -0.3 is 8.83 Å². The first-order chi connectivity index (χ1) is 8.72. The number of hydrogen-bond acceptors (Lipinski definition) is 5. The van der Waals surface area contributed by atoms with Crippen molar-refractivity contribution in [2.45, 2.75) is 6.92 Å². The third-order valence-corrected chi connectivity index (χ3v) is 2.35. The zero-order valence-corrected chi connectivity index (χ0v) is 9.42. The van der Waals surface area contributed by atoms with E-state index in [-0.39, 0.29) is 11.7 Å². The average molecular weight is 245 g/mol. The highest BCUT2D eigenvalue weighted by Crippen LogP contribution is 2.23. The van der Waals surface area contributed by atoms with Crippen LogP contribution < -0.4 is 0 Å². The maximum absolute atomic E-state index is 12.8. The summed E-state index contributed by atoms with van der Waals surface area (Å²) in [5.74, 6) is 0.786. The highest BCUT2D eigenvalue weighted by molar-refractivity contribution is 5.55. The largest absolute Gasteiger partial charge is 0.448 e. The Bertz CT molecular complexity index is 673. The molecule has 90 valence electrons. The molecule has 0 aliphatic heterocycles. The van der Waals surface area contributed by atoms with Crippen LogP contribution >= 0.6 is 0 Å². The molecule has 18 heavy (non-hydrogen) atoms. The van der Waals surface area contributed by atoms with Gasteiger partial charge in [0, 0.05) is 12.5 Å². The Morgan fingerprint density at radius 2 is 1.78 bits per heavy atom. The first kappa shape index (κ1) is 10.6. The van der Waals surface area contributed by atoms with Crippen LogP contribution in [0.4, 0.5) is 4.39 Å². The Balaban J connectivity index is 1.96. The molecule has 0 N–H and O–H groups in total. The fraction of sp³-hybridized carbons (Fsp3) is 0.0833. The fourth-order valence-electron chi connectivity index (χ4n) is 1.50. The average Bonchev–Trinajstić information content (AvgIpc) is 2.98. The Morgan fingerprint density at radius 1 is 1.06 bits per heavy atom. The third-order valence-electron chi connectivity index (χ3n) is 2.35. The summed E-state index contributed by atoms with van der Waals surface area (Å²) < 4.78 is 23.3. The van der Waals surface area contributed by atoms with Crippen LogP contribution in [-0.2, 0) is 0 Å². The first-order valence-electron chi connectivity index (χ1n) is 5.24. The molecule has 0 bridgehead atoms. The first-order valence-corrected chi connectivity index (χ1v) is 5.24. The molecule has 0 fully saturated rings. The predicted molar refractivity (Wildman–Crippen MR) is 59.9 cm³/mol. The Hall–Kier alpha value is -2.50. The van der Waals surface area contributed by atoms with Crippen LogP contribution in [0.25, 0.3) is 23.0 Å². The van der Waals surface area contributed by atoms with Gasteiger partial charge in [0.15, 0.2) is 11.6 Å². The minimum absolute atomic E-state index is 0.270. The lowest BCUT2D eigenvalue weighted by Crippen LogP contribution is -1.78. The van der Waals surface area contributed by atoms with Crippen LogP contribution in [0.15, 0.2) is 39.4 Å². The van der Waals surface area contributed by atoms with Crippen molar-refractivity contribution in [2.75, 3.05) is 0 Å². The van der Waals surface area contributed by atoms with E-state index in [4.69, 9.17) is 8.83 Å². The van der Waals surface area contributed by atoms with E-state index in [0.717, 1.165) is 0 Å². The lowest BCUT2D eigenvalue weighted by molar-refractivity contribution is 0.521. The number of rotatable bonds is 2. The number of oxazole rings is 1. The van der Waals surface area contributed by atoms with Gasteiger partial charge in [0.05, 0.1) is 0 Å². The second-order valence-electron chi connectivity index (χ2n) is 3.67. The van der Waals surface area contributed by atoms with Crippen molar-refractivity contribution in [3.8, 4) is 23.0 Å². The summed E-state index contributed by atoms with van der Waals surface area (Å²) in [7, 11) is 0. The second-order valence-corrected chi connectivity index (χ2v) is 3.67. The van der Waals surface area contributed by atoms with Crippen LogP contribution in [-0.4, -0.2) is 15.2 Å². The van der Waals surface area contributed by atoms with E-state index in [0.29, 0.717) is 23.0 Å². The van der Waals surface area contributed by atoms with Crippen LogP contribution in [0.3, 0.4) is 0 Å². The molecule has 0 aliphatic carbocycles. The summed E-state index contributed by atoms with van der Waals surface area (Å²) in [5, 5.41) is 7.75. The summed E-state index contributed by atoms with van der Waals surface area (Å²) in [4.78, 5) is 4.08. The van der Waals surface area contributed by atoms with Gasteiger partial charge in [-0.1, -0.05) is 0 Å². The number of halogens is 1. The second kappa shape index (κ2) is 4.06. The lowest BCUT2D eigenvalue weighted by atomic mass is 10.2. The molecule has 0 saturated carbocycles. The van der Waals surface area contributed by atoms with Gasteiger partial charge in [0.2, 0.25) is 5.89 Å². The maximum atomic E-state index is 12.8. The quantitative estimate of drug-likeness (QED) is 0.694. The van der Waals surface area contributed by atoms with E-state index < -0.39 is 0 Å². The van der Waals surface area contributed by atoms with Gasteiger partial charge in [-0.05, 0) is 24.3 Å². The Kier molecular flexibility index (Phi) is 2.40. The smallest absolute Gasteiger partial charge is 0.269 e. The summed E-state index contributed by atoms with van der Waals surface area (Å²) in [5.41, 5.74) is 1.13. The molecular weight excluding hydrogens is 237 g/mol. The summed E-state index contributed by atoms with van der Waals surface area (Å²) in [6, 6.07) is 5.81. The molecule has 0 spiro atoms. The van der Waals surface area contributed by atoms with E-state index >= 15 is 0 Å². The molecule has 6 heteroatoms. The van der Waals surface area contributed by atoms with E-state index in [9.17, 15) is 4.39 Å². The molecule has 0 radical (unpaired) electrons. The molecule has 0 atom stereocenters. The van der Waals surface area contributed by atoms with Crippen molar-refractivity contribution < 1.29 is 13.2 Å². The molecular formula is C12H8FN3O2.